The zero-order chi connectivity index (χ0) is 21.5. The molecular weight excluding hydrogens is 388 g/mol. The molecule has 31 heavy (non-hydrogen) atoms. The summed E-state index contributed by atoms with van der Waals surface area (Å²) in [6.45, 7) is 7.37. The smallest absolute Gasteiger partial charge is 0.191 e. The highest BCUT2D eigenvalue weighted by Gasteiger charge is 2.18. The summed E-state index contributed by atoms with van der Waals surface area (Å²) in [5, 5.41) is 17.2. The molecule has 2 aromatic carbocycles. The first-order valence-corrected chi connectivity index (χ1v) is 11.4. The van der Waals surface area contributed by atoms with Crippen molar-refractivity contribution in [3.63, 3.8) is 0 Å². The van der Waals surface area contributed by atoms with Gasteiger partial charge in [0.15, 0.2) is 5.96 Å². The predicted octanol–water partition coefficient (Wildman–Crippen LogP) is 2.14. The number of nitrogens with one attached hydrogen (secondary N) is 2. The van der Waals surface area contributed by atoms with Gasteiger partial charge in [-0.05, 0) is 48.1 Å². The Morgan fingerprint density at radius 1 is 1.13 bits per heavy atom. The number of aliphatic imine (C=N–C) groups is 1. The molecular formula is C25H34N4O2. The van der Waals surface area contributed by atoms with Crippen molar-refractivity contribution >= 4 is 5.96 Å². The molecule has 0 radical (unpaired) electrons. The van der Waals surface area contributed by atoms with Crippen LogP contribution in [-0.4, -0.2) is 61.4 Å². The second kappa shape index (κ2) is 10.6. The molecule has 2 aliphatic heterocycles. The number of benzene rings is 2. The quantitative estimate of drug-likeness (QED) is 0.449. The van der Waals surface area contributed by atoms with Crippen molar-refractivity contribution in [3.8, 4) is 5.75 Å². The lowest BCUT2D eigenvalue weighted by atomic mass is 10.00. The average molecular weight is 423 g/mol. The molecule has 2 aromatic rings. The van der Waals surface area contributed by atoms with E-state index < -0.39 is 6.10 Å². The molecule has 1 atom stereocenters. The number of ether oxygens (including phenoxy) is 1. The minimum atomic E-state index is -0.475. The van der Waals surface area contributed by atoms with E-state index in [1.54, 1.807) is 0 Å². The second-order valence-electron chi connectivity index (χ2n) is 8.34. The number of hydrogen-bond donors (Lipinski definition) is 3. The van der Waals surface area contributed by atoms with Crippen LogP contribution in [0, 0.1) is 0 Å². The molecule has 3 N–H and O–H groups in total. The van der Waals surface area contributed by atoms with Gasteiger partial charge in [0.2, 0.25) is 0 Å². The van der Waals surface area contributed by atoms with Crippen LogP contribution < -0.4 is 15.4 Å². The fourth-order valence-electron chi connectivity index (χ4n) is 4.32. The fraction of sp³-hybridized carbons (Fsp3) is 0.480. The van der Waals surface area contributed by atoms with Gasteiger partial charge in [-0.25, -0.2) is 0 Å². The number of guanidine groups is 1. The number of aliphatic hydroxyl groups is 1. The Morgan fingerprint density at radius 3 is 2.87 bits per heavy atom. The first-order valence-electron chi connectivity index (χ1n) is 11.4. The Bertz CT molecular complexity index is 899. The van der Waals surface area contributed by atoms with Crippen LogP contribution in [0.4, 0.5) is 0 Å². The highest BCUT2D eigenvalue weighted by molar-refractivity contribution is 5.79. The number of hydrogen-bond acceptors (Lipinski definition) is 4. The van der Waals surface area contributed by atoms with Gasteiger partial charge in [0, 0.05) is 39.1 Å². The average Bonchev–Trinajstić information content (AvgIpc) is 3.25. The SMILES string of the molecule is CCNC(=NCC(O)CN1CCc2ccccc2C1)NCCc1ccc2c(c1)CCO2. The van der Waals surface area contributed by atoms with Gasteiger partial charge in [0.1, 0.15) is 5.75 Å². The molecule has 6 nitrogen and oxygen atoms in total. The third-order valence-corrected chi connectivity index (χ3v) is 5.94. The van der Waals surface area contributed by atoms with E-state index in [4.69, 9.17) is 4.74 Å². The van der Waals surface area contributed by atoms with Crippen LogP contribution in [0.25, 0.3) is 0 Å². The van der Waals surface area contributed by atoms with Crippen molar-refractivity contribution in [1.82, 2.24) is 15.5 Å². The Hall–Kier alpha value is -2.57. The van der Waals surface area contributed by atoms with Gasteiger partial charge in [0.25, 0.3) is 0 Å². The van der Waals surface area contributed by atoms with Crippen molar-refractivity contribution in [3.05, 3.63) is 64.7 Å². The number of aliphatic hydroxyl groups excluding tert-OH is 1. The molecule has 0 bridgehead atoms. The van der Waals surface area contributed by atoms with Crippen LogP contribution >= 0.6 is 0 Å². The van der Waals surface area contributed by atoms with Crippen LogP contribution in [0.15, 0.2) is 47.5 Å². The molecule has 0 aliphatic carbocycles. The lowest BCUT2D eigenvalue weighted by Crippen LogP contribution is -2.40. The molecule has 6 heteroatoms. The maximum absolute atomic E-state index is 10.5. The monoisotopic (exact) mass is 422 g/mol. The zero-order valence-electron chi connectivity index (χ0n) is 18.4. The first kappa shape index (κ1) is 21.7. The van der Waals surface area contributed by atoms with E-state index in [1.165, 1.54) is 22.3 Å². The van der Waals surface area contributed by atoms with E-state index in [9.17, 15) is 5.11 Å². The van der Waals surface area contributed by atoms with Crippen LogP contribution in [0.5, 0.6) is 5.75 Å². The minimum absolute atomic E-state index is 0.393. The molecule has 2 heterocycles. The van der Waals surface area contributed by atoms with Gasteiger partial charge >= 0.3 is 0 Å². The standard InChI is InChI=1S/C25H34N4O2/c1-2-26-25(27-12-9-19-7-8-24-21(15-19)11-14-31-24)28-16-23(30)18-29-13-10-20-5-3-4-6-22(20)17-29/h3-8,15,23,30H,2,9-14,16-18H2,1H3,(H2,26,27,28). The Balaban J connectivity index is 1.23. The summed E-state index contributed by atoms with van der Waals surface area (Å²) in [5.74, 6) is 1.79. The van der Waals surface area contributed by atoms with Gasteiger partial charge < -0.3 is 20.5 Å². The van der Waals surface area contributed by atoms with Crippen molar-refractivity contribution < 1.29 is 9.84 Å². The molecule has 0 aromatic heterocycles. The third kappa shape index (κ3) is 5.99. The van der Waals surface area contributed by atoms with Gasteiger partial charge in [-0.15, -0.1) is 0 Å². The molecule has 0 amide bonds. The molecule has 166 valence electrons. The molecule has 0 fully saturated rings. The van der Waals surface area contributed by atoms with Crippen molar-refractivity contribution in [2.75, 3.05) is 39.3 Å². The molecule has 0 spiro atoms. The van der Waals surface area contributed by atoms with Crippen LogP contribution in [0.3, 0.4) is 0 Å². The number of fused-ring (bicyclic) bond motifs is 2. The fourth-order valence-corrected chi connectivity index (χ4v) is 4.32. The van der Waals surface area contributed by atoms with E-state index >= 15 is 0 Å². The molecule has 2 aliphatic rings. The maximum Gasteiger partial charge on any atom is 0.191 e. The molecule has 4 rings (SSSR count). The first-order chi connectivity index (χ1) is 15.2. The molecule has 0 saturated heterocycles. The van der Waals surface area contributed by atoms with E-state index in [0.29, 0.717) is 13.1 Å². The summed E-state index contributed by atoms with van der Waals surface area (Å²) in [7, 11) is 0. The summed E-state index contributed by atoms with van der Waals surface area (Å²) < 4.78 is 5.58. The maximum atomic E-state index is 10.5. The van der Waals surface area contributed by atoms with Crippen molar-refractivity contribution in [1.29, 1.82) is 0 Å². The summed E-state index contributed by atoms with van der Waals surface area (Å²) in [6, 6.07) is 15.0. The van der Waals surface area contributed by atoms with Crippen LogP contribution in [-0.2, 0) is 25.8 Å². The topological polar surface area (TPSA) is 69.1 Å². The van der Waals surface area contributed by atoms with Gasteiger partial charge in [0.05, 0.1) is 19.3 Å². The number of nitrogens with zero attached hydrogens (tertiary/aromatic N) is 2. The lowest BCUT2D eigenvalue weighted by molar-refractivity contribution is 0.111. The Kier molecular flexibility index (Phi) is 7.43. The predicted molar refractivity (Wildman–Crippen MR) is 125 cm³/mol. The normalized spacial score (nSPS) is 16.9. The Labute approximate surface area is 185 Å². The molecule has 0 saturated carbocycles. The van der Waals surface area contributed by atoms with Gasteiger partial charge in [-0.2, -0.15) is 0 Å². The van der Waals surface area contributed by atoms with Crippen LogP contribution in [0.2, 0.25) is 0 Å². The number of rotatable bonds is 8. The number of β-amino-alcohol motifs (C(OH)–C–C–N with tert-alkyl or cyclic N) is 1. The summed E-state index contributed by atoms with van der Waals surface area (Å²) in [5.41, 5.74) is 5.41. The summed E-state index contributed by atoms with van der Waals surface area (Å²) >= 11 is 0. The highest BCUT2D eigenvalue weighted by Crippen LogP contribution is 2.25. The molecule has 1 unspecified atom stereocenters. The van der Waals surface area contributed by atoms with E-state index in [0.717, 1.165) is 63.8 Å². The largest absolute Gasteiger partial charge is 0.493 e. The van der Waals surface area contributed by atoms with E-state index in [2.05, 4.69) is 69.9 Å². The lowest BCUT2D eigenvalue weighted by Gasteiger charge is -2.30. The zero-order valence-corrected chi connectivity index (χ0v) is 18.4. The third-order valence-electron chi connectivity index (χ3n) is 5.94. The summed E-state index contributed by atoms with van der Waals surface area (Å²) in [6.07, 6.45) is 2.50. The van der Waals surface area contributed by atoms with Crippen molar-refractivity contribution in [2.45, 2.75) is 38.8 Å². The van der Waals surface area contributed by atoms with Crippen molar-refractivity contribution in [2.24, 2.45) is 4.99 Å². The summed E-state index contributed by atoms with van der Waals surface area (Å²) in [4.78, 5) is 6.93. The van der Waals surface area contributed by atoms with Crippen LogP contribution in [0.1, 0.15) is 29.2 Å². The van der Waals surface area contributed by atoms with Gasteiger partial charge in [-0.3, -0.25) is 9.89 Å². The minimum Gasteiger partial charge on any atom is -0.493 e. The second-order valence-corrected chi connectivity index (χ2v) is 8.34. The highest BCUT2D eigenvalue weighted by atomic mass is 16.5. The van der Waals surface area contributed by atoms with E-state index in [-0.39, 0.29) is 0 Å². The Morgan fingerprint density at radius 2 is 2.00 bits per heavy atom. The van der Waals surface area contributed by atoms with Gasteiger partial charge in [-0.1, -0.05) is 36.4 Å². The van der Waals surface area contributed by atoms with E-state index in [1.807, 2.05) is 0 Å².